The summed E-state index contributed by atoms with van der Waals surface area (Å²) < 4.78 is 13.5. The van der Waals surface area contributed by atoms with Gasteiger partial charge >= 0.3 is 0 Å². The van der Waals surface area contributed by atoms with Gasteiger partial charge in [-0.15, -0.1) is 0 Å². The molecule has 0 amide bonds. The summed E-state index contributed by atoms with van der Waals surface area (Å²) in [4.78, 5) is 0. The van der Waals surface area contributed by atoms with Crippen LogP contribution in [0.4, 0.5) is 4.39 Å². The van der Waals surface area contributed by atoms with Crippen LogP contribution in [0.15, 0.2) is 60.7 Å². The Bertz CT molecular complexity index is 789. The molecule has 0 saturated heterocycles. The lowest BCUT2D eigenvalue weighted by molar-refractivity contribution is 0.605. The summed E-state index contributed by atoms with van der Waals surface area (Å²) in [5, 5.41) is 2.72. The molecule has 4 heteroatoms. The average Bonchev–Trinajstić information content (AvgIpc) is 2.51. The van der Waals surface area contributed by atoms with E-state index in [9.17, 15) is 4.39 Å². The summed E-state index contributed by atoms with van der Waals surface area (Å²) in [6, 6.07) is 18.0. The van der Waals surface area contributed by atoms with Crippen LogP contribution in [0.25, 0.3) is 10.8 Å². The third-order valence-corrected chi connectivity index (χ3v) is 3.89. The molecular weight excluding hydrogens is 287 g/mol. The Morgan fingerprint density at radius 1 is 0.952 bits per heavy atom. The zero-order valence-corrected chi connectivity index (χ0v) is 11.9. The second kappa shape index (κ2) is 5.82. The highest BCUT2D eigenvalue weighted by atomic mass is 35.5. The molecule has 106 valence electrons. The minimum Gasteiger partial charge on any atom is -0.271 e. The minimum absolute atomic E-state index is 0.338. The van der Waals surface area contributed by atoms with Gasteiger partial charge in [0.25, 0.3) is 0 Å². The van der Waals surface area contributed by atoms with Gasteiger partial charge in [0.05, 0.1) is 6.04 Å². The molecule has 3 aromatic carbocycles. The maximum Gasteiger partial charge on any atom is 0.123 e. The average molecular weight is 301 g/mol. The van der Waals surface area contributed by atoms with Gasteiger partial charge in [0, 0.05) is 5.02 Å². The fourth-order valence-electron chi connectivity index (χ4n) is 2.49. The van der Waals surface area contributed by atoms with Crippen molar-refractivity contribution < 1.29 is 4.39 Å². The third kappa shape index (κ3) is 2.76. The van der Waals surface area contributed by atoms with Gasteiger partial charge in [-0.3, -0.25) is 5.84 Å². The topological polar surface area (TPSA) is 38.0 Å². The van der Waals surface area contributed by atoms with Gasteiger partial charge in [-0.25, -0.2) is 9.82 Å². The fraction of sp³-hybridized carbons (Fsp3) is 0.0588. The Morgan fingerprint density at radius 3 is 2.48 bits per heavy atom. The summed E-state index contributed by atoms with van der Waals surface area (Å²) in [7, 11) is 0. The van der Waals surface area contributed by atoms with Crippen molar-refractivity contribution in [3.63, 3.8) is 0 Å². The second-order valence-corrected chi connectivity index (χ2v) is 5.28. The molecule has 21 heavy (non-hydrogen) atoms. The molecule has 3 N–H and O–H groups in total. The highest BCUT2D eigenvalue weighted by Gasteiger charge is 2.16. The molecule has 0 aliphatic heterocycles. The van der Waals surface area contributed by atoms with Gasteiger partial charge < -0.3 is 0 Å². The van der Waals surface area contributed by atoms with Crippen LogP contribution >= 0.6 is 11.6 Å². The smallest absolute Gasteiger partial charge is 0.123 e. The molecule has 0 aromatic heterocycles. The molecule has 0 aliphatic rings. The quantitative estimate of drug-likeness (QED) is 0.562. The largest absolute Gasteiger partial charge is 0.271 e. The number of halogens is 2. The van der Waals surface area contributed by atoms with Crippen LogP contribution in [-0.2, 0) is 0 Å². The molecule has 3 rings (SSSR count). The number of rotatable bonds is 3. The van der Waals surface area contributed by atoms with Crippen molar-refractivity contribution in [2.75, 3.05) is 0 Å². The first-order valence-electron chi connectivity index (χ1n) is 6.59. The van der Waals surface area contributed by atoms with E-state index < -0.39 is 0 Å². The Labute approximate surface area is 127 Å². The third-order valence-electron chi connectivity index (χ3n) is 3.54. The van der Waals surface area contributed by atoms with Crippen LogP contribution in [0.2, 0.25) is 5.02 Å². The molecule has 1 unspecified atom stereocenters. The van der Waals surface area contributed by atoms with E-state index in [2.05, 4.69) is 5.43 Å². The Hall–Kier alpha value is -1.94. The lowest BCUT2D eigenvalue weighted by Crippen LogP contribution is -2.29. The van der Waals surface area contributed by atoms with E-state index >= 15 is 0 Å². The summed E-state index contributed by atoms with van der Waals surface area (Å²) in [6.45, 7) is 0. The van der Waals surface area contributed by atoms with Crippen LogP contribution in [0.3, 0.4) is 0 Å². The van der Waals surface area contributed by atoms with Crippen molar-refractivity contribution in [1.82, 2.24) is 5.43 Å². The number of nitrogens with one attached hydrogen (secondary N) is 1. The fourth-order valence-corrected chi connectivity index (χ4v) is 2.72. The first kappa shape index (κ1) is 14.0. The number of fused-ring (bicyclic) bond motifs is 1. The summed E-state index contributed by atoms with van der Waals surface area (Å²) >= 11 is 6.18. The summed E-state index contributed by atoms with van der Waals surface area (Å²) in [5.74, 6) is 5.33. The van der Waals surface area contributed by atoms with E-state index in [4.69, 9.17) is 17.4 Å². The predicted octanol–water partition coefficient (Wildman–Crippen LogP) is 4.19. The first-order valence-corrected chi connectivity index (χ1v) is 6.96. The van der Waals surface area contributed by atoms with E-state index in [0.29, 0.717) is 10.6 Å². The molecule has 0 aliphatic carbocycles. The minimum atomic E-state index is -0.363. The number of hydrogen-bond acceptors (Lipinski definition) is 2. The van der Waals surface area contributed by atoms with Crippen LogP contribution < -0.4 is 11.3 Å². The molecule has 0 saturated carbocycles. The number of hydrazine groups is 1. The summed E-state index contributed by atoms with van der Waals surface area (Å²) in [5.41, 5.74) is 4.27. The van der Waals surface area contributed by atoms with E-state index in [1.54, 1.807) is 0 Å². The van der Waals surface area contributed by atoms with Crippen molar-refractivity contribution in [3.8, 4) is 0 Å². The Balaban J connectivity index is 2.11. The standard InChI is InChI=1S/C17H14ClFN2/c18-16-8-7-14(19)10-15(16)17(21-20)13-6-5-11-3-1-2-4-12(11)9-13/h1-10,17,21H,20H2. The maximum absolute atomic E-state index is 13.5. The van der Waals surface area contributed by atoms with Gasteiger partial charge in [-0.1, -0.05) is 48.0 Å². The monoisotopic (exact) mass is 300 g/mol. The van der Waals surface area contributed by atoms with Gasteiger partial charge in [0.1, 0.15) is 5.82 Å². The molecule has 2 nitrogen and oxygen atoms in total. The molecule has 0 heterocycles. The predicted molar refractivity (Wildman–Crippen MR) is 84.5 cm³/mol. The van der Waals surface area contributed by atoms with Crippen molar-refractivity contribution in [1.29, 1.82) is 0 Å². The lowest BCUT2D eigenvalue weighted by atomic mass is 9.96. The number of benzene rings is 3. The van der Waals surface area contributed by atoms with Crippen LogP contribution in [0.5, 0.6) is 0 Å². The SMILES string of the molecule is NNC(c1ccc2ccccc2c1)c1cc(F)ccc1Cl. The van der Waals surface area contributed by atoms with E-state index in [0.717, 1.165) is 16.3 Å². The lowest BCUT2D eigenvalue weighted by Gasteiger charge is -2.19. The zero-order valence-electron chi connectivity index (χ0n) is 11.2. The van der Waals surface area contributed by atoms with E-state index in [1.165, 1.54) is 18.2 Å². The van der Waals surface area contributed by atoms with Crippen molar-refractivity contribution in [2.45, 2.75) is 6.04 Å². The highest BCUT2D eigenvalue weighted by Crippen LogP contribution is 2.30. The molecule has 3 aromatic rings. The zero-order chi connectivity index (χ0) is 14.8. The van der Waals surface area contributed by atoms with Crippen molar-refractivity contribution >= 4 is 22.4 Å². The van der Waals surface area contributed by atoms with E-state index in [-0.39, 0.29) is 11.9 Å². The number of nitrogens with two attached hydrogens (primary N) is 1. The molecule has 1 atom stereocenters. The maximum atomic E-state index is 13.5. The van der Waals surface area contributed by atoms with Crippen LogP contribution in [-0.4, -0.2) is 0 Å². The van der Waals surface area contributed by atoms with Crippen molar-refractivity contribution in [3.05, 3.63) is 82.6 Å². The highest BCUT2D eigenvalue weighted by molar-refractivity contribution is 6.31. The van der Waals surface area contributed by atoms with Crippen molar-refractivity contribution in [2.24, 2.45) is 5.84 Å². The van der Waals surface area contributed by atoms with Gasteiger partial charge in [0.15, 0.2) is 0 Å². The normalized spacial score (nSPS) is 12.5. The molecular formula is C17H14ClFN2. The van der Waals surface area contributed by atoms with E-state index in [1.807, 2.05) is 42.5 Å². The molecule has 0 radical (unpaired) electrons. The van der Waals surface area contributed by atoms with Gasteiger partial charge in [0.2, 0.25) is 0 Å². The van der Waals surface area contributed by atoms with Crippen LogP contribution in [0.1, 0.15) is 17.2 Å². The van der Waals surface area contributed by atoms with Crippen LogP contribution in [0, 0.1) is 5.82 Å². The Morgan fingerprint density at radius 2 is 1.71 bits per heavy atom. The number of hydrogen-bond donors (Lipinski definition) is 2. The van der Waals surface area contributed by atoms with Gasteiger partial charge in [-0.05, 0) is 46.2 Å². The Kier molecular flexibility index (Phi) is 3.88. The van der Waals surface area contributed by atoms with Gasteiger partial charge in [-0.2, -0.15) is 0 Å². The molecule has 0 bridgehead atoms. The molecule has 0 spiro atoms. The molecule has 0 fully saturated rings. The first-order chi connectivity index (χ1) is 10.2. The summed E-state index contributed by atoms with van der Waals surface area (Å²) in [6.07, 6.45) is 0. The second-order valence-electron chi connectivity index (χ2n) is 4.87.